The molecule has 0 N–H and O–H groups in total. The summed E-state index contributed by atoms with van der Waals surface area (Å²) in [5.74, 6) is -0.507. The van der Waals surface area contributed by atoms with Gasteiger partial charge >= 0.3 is 5.97 Å². The Kier molecular flexibility index (Phi) is 4.86. The highest BCUT2D eigenvalue weighted by Crippen LogP contribution is 2.22. The number of amides is 1. The third-order valence-corrected chi connectivity index (χ3v) is 5.57. The van der Waals surface area contributed by atoms with E-state index in [1.807, 2.05) is 13.0 Å². The second kappa shape index (κ2) is 7.35. The number of ether oxygens (including phenoxy) is 1. The number of carbonyl (C=O) groups excluding carboxylic acids is 2. The molecule has 0 radical (unpaired) electrons. The van der Waals surface area contributed by atoms with Crippen molar-refractivity contribution >= 4 is 28.6 Å². The number of piperidine rings is 1. The molecule has 0 unspecified atom stereocenters. The van der Waals surface area contributed by atoms with Crippen LogP contribution in [0.3, 0.4) is 0 Å². The monoisotopic (exact) mass is 396 g/mol. The minimum atomic E-state index is -0.191. The minimum absolute atomic E-state index is 0.155. The van der Waals surface area contributed by atoms with Crippen LogP contribution in [0.5, 0.6) is 0 Å². The van der Waals surface area contributed by atoms with Crippen LogP contribution in [0.2, 0.25) is 0 Å². The van der Waals surface area contributed by atoms with Gasteiger partial charge in [0.15, 0.2) is 0 Å². The van der Waals surface area contributed by atoms with Gasteiger partial charge in [0.2, 0.25) is 0 Å². The van der Waals surface area contributed by atoms with Crippen LogP contribution in [0.4, 0.5) is 0 Å². The molecule has 0 spiro atoms. The van der Waals surface area contributed by atoms with E-state index in [9.17, 15) is 14.4 Å². The van der Waals surface area contributed by atoms with Crippen molar-refractivity contribution in [3.63, 3.8) is 0 Å². The first-order valence-electron chi connectivity index (χ1n) is 9.85. The van der Waals surface area contributed by atoms with E-state index >= 15 is 0 Å². The third kappa shape index (κ3) is 3.28. The van der Waals surface area contributed by atoms with E-state index in [4.69, 9.17) is 4.74 Å². The average molecular weight is 396 g/mol. The Morgan fingerprint density at radius 2 is 1.97 bits per heavy atom. The molecule has 3 aromatic heterocycles. The molecule has 4 rings (SSSR count). The van der Waals surface area contributed by atoms with Crippen molar-refractivity contribution in [2.24, 2.45) is 13.0 Å². The maximum absolute atomic E-state index is 13.1. The Hall–Kier alpha value is -3.16. The number of carbonyl (C=O) groups is 2. The van der Waals surface area contributed by atoms with Crippen molar-refractivity contribution in [2.45, 2.75) is 26.7 Å². The predicted octanol–water partition coefficient (Wildman–Crippen LogP) is 1.91. The summed E-state index contributed by atoms with van der Waals surface area (Å²) >= 11 is 0. The summed E-state index contributed by atoms with van der Waals surface area (Å²) in [4.78, 5) is 44.2. The number of fused-ring (bicyclic) bond motifs is 2. The summed E-state index contributed by atoms with van der Waals surface area (Å²) in [5, 5.41) is 0.417. The number of nitrogens with zero attached hydrogens (tertiary/aromatic N) is 4. The molecule has 1 amide bonds. The van der Waals surface area contributed by atoms with Gasteiger partial charge in [0, 0.05) is 26.3 Å². The molecule has 4 heterocycles. The molecule has 0 atom stereocenters. The number of aryl methyl sites for hydroxylation is 2. The first-order chi connectivity index (χ1) is 13.9. The second-order valence-corrected chi connectivity index (χ2v) is 7.50. The van der Waals surface area contributed by atoms with Gasteiger partial charge in [-0.1, -0.05) is 6.07 Å². The van der Waals surface area contributed by atoms with Crippen LogP contribution in [0.15, 0.2) is 29.2 Å². The van der Waals surface area contributed by atoms with E-state index in [1.54, 1.807) is 41.8 Å². The van der Waals surface area contributed by atoms with Crippen molar-refractivity contribution in [1.82, 2.24) is 18.9 Å². The van der Waals surface area contributed by atoms with Crippen LogP contribution in [0, 0.1) is 12.8 Å². The number of esters is 1. The Bertz CT molecular complexity index is 1170. The summed E-state index contributed by atoms with van der Waals surface area (Å²) in [6, 6.07) is 5.32. The van der Waals surface area contributed by atoms with E-state index in [-0.39, 0.29) is 23.4 Å². The van der Waals surface area contributed by atoms with Crippen molar-refractivity contribution in [2.75, 3.05) is 19.7 Å². The zero-order valence-corrected chi connectivity index (χ0v) is 16.8. The van der Waals surface area contributed by atoms with Crippen molar-refractivity contribution < 1.29 is 14.3 Å². The van der Waals surface area contributed by atoms with E-state index in [0.717, 1.165) is 5.56 Å². The zero-order chi connectivity index (χ0) is 20.7. The fraction of sp³-hybridized carbons (Fsp3) is 0.429. The largest absolute Gasteiger partial charge is 0.466 e. The van der Waals surface area contributed by atoms with E-state index in [0.29, 0.717) is 54.9 Å². The van der Waals surface area contributed by atoms with Crippen LogP contribution in [-0.2, 0) is 16.6 Å². The van der Waals surface area contributed by atoms with E-state index in [2.05, 4.69) is 4.98 Å². The van der Waals surface area contributed by atoms with Gasteiger partial charge in [-0.3, -0.25) is 18.8 Å². The van der Waals surface area contributed by atoms with Gasteiger partial charge in [0.25, 0.3) is 11.5 Å². The number of hydrogen-bond acceptors (Lipinski definition) is 5. The quantitative estimate of drug-likeness (QED) is 0.632. The molecular formula is C21H24N4O4. The molecule has 1 aliphatic heterocycles. The van der Waals surface area contributed by atoms with Gasteiger partial charge in [0.05, 0.1) is 17.9 Å². The van der Waals surface area contributed by atoms with Crippen LogP contribution in [-0.4, -0.2) is 50.4 Å². The lowest BCUT2D eigenvalue weighted by Gasteiger charge is -2.30. The topological polar surface area (TPSA) is 85.9 Å². The molecule has 152 valence electrons. The lowest BCUT2D eigenvalue weighted by molar-refractivity contribution is -0.149. The first-order valence-corrected chi connectivity index (χ1v) is 9.85. The molecule has 0 aromatic carbocycles. The number of aromatic nitrogens is 3. The molecule has 8 nitrogen and oxygen atoms in total. The highest BCUT2D eigenvalue weighted by atomic mass is 16.5. The van der Waals surface area contributed by atoms with Crippen molar-refractivity contribution in [3.05, 3.63) is 46.0 Å². The molecule has 0 saturated carbocycles. The van der Waals surface area contributed by atoms with E-state index in [1.165, 1.54) is 4.40 Å². The van der Waals surface area contributed by atoms with Gasteiger partial charge in [-0.15, -0.1) is 0 Å². The van der Waals surface area contributed by atoms with Gasteiger partial charge in [0.1, 0.15) is 17.0 Å². The summed E-state index contributed by atoms with van der Waals surface area (Å²) in [5.41, 5.74) is 2.22. The molecule has 1 saturated heterocycles. The van der Waals surface area contributed by atoms with Gasteiger partial charge < -0.3 is 14.2 Å². The second-order valence-electron chi connectivity index (χ2n) is 7.50. The van der Waals surface area contributed by atoms with Gasteiger partial charge in [-0.2, -0.15) is 0 Å². The number of hydrogen-bond donors (Lipinski definition) is 0. The molecule has 0 aliphatic carbocycles. The molecule has 29 heavy (non-hydrogen) atoms. The zero-order valence-electron chi connectivity index (χ0n) is 16.8. The molecule has 3 aromatic rings. The lowest BCUT2D eigenvalue weighted by atomic mass is 9.97. The fourth-order valence-corrected chi connectivity index (χ4v) is 3.92. The third-order valence-electron chi connectivity index (χ3n) is 5.57. The van der Waals surface area contributed by atoms with Crippen LogP contribution in [0.1, 0.15) is 35.8 Å². The summed E-state index contributed by atoms with van der Waals surface area (Å²) in [7, 11) is 1.75. The van der Waals surface area contributed by atoms with Crippen molar-refractivity contribution in [3.8, 4) is 0 Å². The highest BCUT2D eigenvalue weighted by Gasteiger charge is 2.30. The average Bonchev–Trinajstić information content (AvgIpc) is 3.05. The minimum Gasteiger partial charge on any atom is -0.466 e. The standard InChI is InChI=1S/C21H24N4O4/c1-4-29-21(28)14-7-9-24(10-8-14)20(27)16-11-15-18(23(16)3)22-17-6-5-13(2)12-25(17)19(15)26/h5-6,11-12,14H,4,7-10H2,1-3H3. The van der Waals surface area contributed by atoms with E-state index < -0.39 is 0 Å². The highest BCUT2D eigenvalue weighted by molar-refractivity contribution is 5.98. The summed E-state index contributed by atoms with van der Waals surface area (Å²) in [6.45, 7) is 5.03. The summed E-state index contributed by atoms with van der Waals surface area (Å²) < 4.78 is 8.28. The normalized spacial score (nSPS) is 15.2. The Morgan fingerprint density at radius 1 is 1.24 bits per heavy atom. The first kappa shape index (κ1) is 19.2. The van der Waals surface area contributed by atoms with Crippen LogP contribution < -0.4 is 5.56 Å². The Morgan fingerprint density at radius 3 is 2.66 bits per heavy atom. The molecule has 8 heteroatoms. The Balaban J connectivity index is 1.64. The van der Waals surface area contributed by atoms with Gasteiger partial charge in [-0.25, -0.2) is 4.98 Å². The smallest absolute Gasteiger partial charge is 0.309 e. The van der Waals surface area contributed by atoms with Crippen LogP contribution in [0.25, 0.3) is 16.7 Å². The van der Waals surface area contributed by atoms with Crippen molar-refractivity contribution in [1.29, 1.82) is 0 Å². The molecule has 1 aliphatic rings. The SMILES string of the molecule is CCOC(=O)C1CCN(C(=O)c2cc3c(=O)n4cc(C)ccc4nc3n2C)CC1. The predicted molar refractivity (Wildman–Crippen MR) is 108 cm³/mol. The molecule has 1 fully saturated rings. The molecular weight excluding hydrogens is 372 g/mol. The lowest BCUT2D eigenvalue weighted by Crippen LogP contribution is -2.41. The fourth-order valence-electron chi connectivity index (χ4n) is 3.92. The maximum atomic E-state index is 13.1. The number of pyridine rings is 1. The molecule has 0 bridgehead atoms. The number of rotatable bonds is 3. The number of likely N-dealkylation sites (tertiary alicyclic amines) is 1. The Labute approximate surface area is 167 Å². The summed E-state index contributed by atoms with van der Waals surface area (Å²) in [6.07, 6.45) is 2.91. The van der Waals surface area contributed by atoms with Crippen LogP contribution >= 0.6 is 0 Å². The van der Waals surface area contributed by atoms with Gasteiger partial charge in [-0.05, 0) is 44.4 Å². The maximum Gasteiger partial charge on any atom is 0.309 e.